The monoisotopic (exact) mass is 306 g/mol. The van der Waals surface area contributed by atoms with Gasteiger partial charge >= 0.3 is 0 Å². The van der Waals surface area contributed by atoms with Crippen molar-refractivity contribution in [3.8, 4) is 0 Å². The number of thioether (sulfide) groups is 2. The number of hydrogen-bond acceptors (Lipinski definition) is 3. The van der Waals surface area contributed by atoms with E-state index in [1.54, 1.807) is 0 Å². The third-order valence-corrected chi connectivity index (χ3v) is 12.1. The van der Waals surface area contributed by atoms with Crippen LogP contribution >= 0.6 is 23.5 Å². The molecule has 1 rings (SSSR count). The summed E-state index contributed by atoms with van der Waals surface area (Å²) in [5, 5.41) is 0.338. The zero-order valence-electron chi connectivity index (χ0n) is 12.9. The summed E-state index contributed by atoms with van der Waals surface area (Å²) in [6.45, 7) is 15.0. The summed E-state index contributed by atoms with van der Waals surface area (Å²) in [4.78, 5) is 0. The van der Waals surface area contributed by atoms with Crippen molar-refractivity contribution in [2.24, 2.45) is 5.92 Å². The second-order valence-electron chi connectivity index (χ2n) is 6.84. The molecule has 1 aliphatic rings. The van der Waals surface area contributed by atoms with Crippen LogP contribution in [0, 0.1) is 5.92 Å². The van der Waals surface area contributed by atoms with Gasteiger partial charge in [-0.25, -0.2) is 0 Å². The van der Waals surface area contributed by atoms with Gasteiger partial charge < -0.3 is 4.43 Å². The molecule has 0 amide bonds. The van der Waals surface area contributed by atoms with Crippen molar-refractivity contribution in [2.75, 3.05) is 18.1 Å². The van der Waals surface area contributed by atoms with E-state index in [9.17, 15) is 0 Å². The maximum atomic E-state index is 6.28. The van der Waals surface area contributed by atoms with Crippen molar-refractivity contribution in [1.29, 1.82) is 0 Å². The van der Waals surface area contributed by atoms with Crippen LogP contribution in [0.15, 0.2) is 0 Å². The summed E-state index contributed by atoms with van der Waals surface area (Å²) in [5.41, 5.74) is 0. The van der Waals surface area contributed by atoms with E-state index in [0.29, 0.717) is 5.04 Å². The molecule has 1 heterocycles. The van der Waals surface area contributed by atoms with Gasteiger partial charge in [-0.3, -0.25) is 0 Å². The summed E-state index contributed by atoms with van der Waals surface area (Å²) in [6.07, 6.45) is 2.61. The Morgan fingerprint density at radius 3 is 2.28 bits per heavy atom. The van der Waals surface area contributed by atoms with E-state index in [-0.39, 0.29) is 0 Å². The smallest absolute Gasteiger partial charge is 0.191 e. The molecule has 1 saturated heterocycles. The molecular weight excluding hydrogens is 276 g/mol. The molecule has 108 valence electrons. The van der Waals surface area contributed by atoms with Crippen LogP contribution in [0.2, 0.25) is 18.1 Å². The Hall–Kier alpha value is 0.877. The highest BCUT2D eigenvalue weighted by Gasteiger charge is 2.37. The second-order valence-corrected chi connectivity index (χ2v) is 14.4. The first kappa shape index (κ1) is 16.9. The molecule has 1 aliphatic heterocycles. The highest BCUT2D eigenvalue weighted by Crippen LogP contribution is 2.39. The molecule has 18 heavy (non-hydrogen) atoms. The molecule has 4 heteroatoms. The largest absolute Gasteiger partial charge is 0.417 e. The fourth-order valence-corrected chi connectivity index (χ4v) is 5.91. The van der Waals surface area contributed by atoms with Gasteiger partial charge in [0.05, 0.1) is 4.58 Å². The van der Waals surface area contributed by atoms with Crippen molar-refractivity contribution < 1.29 is 4.43 Å². The molecule has 0 bridgehead atoms. The van der Waals surface area contributed by atoms with Gasteiger partial charge in [0.2, 0.25) is 0 Å². The Balaban J connectivity index is 2.28. The SMILES string of the molecule is C[C@@H](CCO[Si](C)(C)C(C)(C)C)C1SCCCS1. The Kier molecular flexibility index (Phi) is 6.63. The van der Waals surface area contributed by atoms with Gasteiger partial charge in [0, 0.05) is 6.61 Å². The van der Waals surface area contributed by atoms with Crippen LogP contribution in [0.1, 0.15) is 40.5 Å². The Morgan fingerprint density at radius 2 is 1.78 bits per heavy atom. The van der Waals surface area contributed by atoms with Crippen LogP contribution in [0.4, 0.5) is 0 Å². The first-order chi connectivity index (χ1) is 8.24. The first-order valence-electron chi connectivity index (χ1n) is 7.11. The minimum atomic E-state index is -1.53. The average Bonchev–Trinajstić information content (AvgIpc) is 2.28. The van der Waals surface area contributed by atoms with Gasteiger partial charge in [-0.2, -0.15) is 0 Å². The minimum Gasteiger partial charge on any atom is -0.417 e. The van der Waals surface area contributed by atoms with Crippen LogP contribution in [-0.4, -0.2) is 31.0 Å². The van der Waals surface area contributed by atoms with Crippen LogP contribution in [0.5, 0.6) is 0 Å². The lowest BCUT2D eigenvalue weighted by Crippen LogP contribution is -2.41. The van der Waals surface area contributed by atoms with Crippen molar-refractivity contribution in [3.05, 3.63) is 0 Å². The predicted octanol–water partition coefficient (Wildman–Crippen LogP) is 5.23. The van der Waals surface area contributed by atoms with Crippen molar-refractivity contribution in [1.82, 2.24) is 0 Å². The molecule has 0 saturated carbocycles. The lowest BCUT2D eigenvalue weighted by Gasteiger charge is -2.37. The van der Waals surface area contributed by atoms with E-state index in [4.69, 9.17) is 4.43 Å². The molecule has 0 spiro atoms. The zero-order chi connectivity index (χ0) is 13.8. The molecule has 0 N–H and O–H groups in total. The molecule has 1 nitrogen and oxygen atoms in total. The van der Waals surface area contributed by atoms with E-state index < -0.39 is 8.32 Å². The lowest BCUT2D eigenvalue weighted by atomic mass is 10.1. The van der Waals surface area contributed by atoms with Crippen LogP contribution in [0.3, 0.4) is 0 Å². The van der Waals surface area contributed by atoms with Crippen molar-refractivity contribution in [3.63, 3.8) is 0 Å². The van der Waals surface area contributed by atoms with Gasteiger partial charge in [0.1, 0.15) is 0 Å². The van der Waals surface area contributed by atoms with Gasteiger partial charge in [-0.1, -0.05) is 27.7 Å². The summed E-state index contributed by atoms with van der Waals surface area (Å²) in [6, 6.07) is 0. The Bertz CT molecular complexity index is 245. The van der Waals surface area contributed by atoms with Crippen LogP contribution in [-0.2, 0) is 4.43 Å². The molecule has 0 unspecified atom stereocenters. The van der Waals surface area contributed by atoms with Crippen molar-refractivity contribution in [2.45, 2.75) is 63.3 Å². The van der Waals surface area contributed by atoms with E-state index in [0.717, 1.165) is 17.1 Å². The van der Waals surface area contributed by atoms with Gasteiger partial charge in [-0.05, 0) is 48.4 Å². The normalized spacial score (nSPS) is 21.0. The molecule has 1 fully saturated rings. The average molecular weight is 307 g/mol. The molecule has 0 aromatic rings. The van der Waals surface area contributed by atoms with Gasteiger partial charge in [0.25, 0.3) is 0 Å². The minimum absolute atomic E-state index is 0.338. The topological polar surface area (TPSA) is 9.23 Å². The third kappa shape index (κ3) is 5.10. The fraction of sp³-hybridized carbons (Fsp3) is 1.00. The van der Waals surface area contributed by atoms with E-state index in [2.05, 4.69) is 64.3 Å². The van der Waals surface area contributed by atoms with Crippen LogP contribution in [0.25, 0.3) is 0 Å². The summed E-state index contributed by atoms with van der Waals surface area (Å²) in [7, 11) is -1.53. The highest BCUT2D eigenvalue weighted by molar-refractivity contribution is 8.17. The maximum Gasteiger partial charge on any atom is 0.191 e. The highest BCUT2D eigenvalue weighted by atomic mass is 32.2. The van der Waals surface area contributed by atoms with Gasteiger partial charge in [0.15, 0.2) is 8.32 Å². The predicted molar refractivity (Wildman–Crippen MR) is 90.3 cm³/mol. The molecule has 0 aliphatic carbocycles. The second kappa shape index (κ2) is 7.05. The number of hydrogen-bond donors (Lipinski definition) is 0. The molecular formula is C14H30OS2Si. The summed E-state index contributed by atoms with van der Waals surface area (Å²) in [5.74, 6) is 3.49. The van der Waals surface area contributed by atoms with Crippen molar-refractivity contribution >= 4 is 31.8 Å². The summed E-state index contributed by atoms with van der Waals surface area (Å²) >= 11 is 4.31. The van der Waals surface area contributed by atoms with E-state index in [1.165, 1.54) is 24.3 Å². The Morgan fingerprint density at radius 1 is 1.22 bits per heavy atom. The summed E-state index contributed by atoms with van der Waals surface area (Å²) < 4.78 is 7.08. The van der Waals surface area contributed by atoms with Crippen LogP contribution < -0.4 is 0 Å². The quantitative estimate of drug-likeness (QED) is 0.644. The molecule has 0 aromatic heterocycles. The Labute approximate surface area is 123 Å². The maximum absolute atomic E-state index is 6.28. The number of rotatable bonds is 5. The third-order valence-electron chi connectivity index (χ3n) is 4.16. The lowest BCUT2D eigenvalue weighted by molar-refractivity contribution is 0.264. The van der Waals surface area contributed by atoms with E-state index in [1.807, 2.05) is 0 Å². The fourth-order valence-electron chi connectivity index (χ4n) is 1.69. The van der Waals surface area contributed by atoms with E-state index >= 15 is 0 Å². The molecule has 0 aromatic carbocycles. The van der Waals surface area contributed by atoms with Gasteiger partial charge in [-0.15, -0.1) is 23.5 Å². The standard InChI is InChI=1S/C14H30OS2Si/c1-12(13-16-10-7-11-17-13)8-9-15-18(5,6)14(2,3)4/h12-13H,7-11H2,1-6H3/t12-/m0/s1. The molecule has 0 radical (unpaired) electrons. The first-order valence-corrected chi connectivity index (χ1v) is 12.1. The molecule has 1 atom stereocenters. The zero-order valence-corrected chi connectivity index (χ0v) is 15.5.